The Hall–Kier alpha value is -0.533. The highest BCUT2D eigenvalue weighted by molar-refractivity contribution is 6.84. The van der Waals surface area contributed by atoms with Gasteiger partial charge in [0.2, 0.25) is 0 Å². The van der Waals surface area contributed by atoms with Crippen LogP contribution in [0.1, 0.15) is 70.3 Å². The Morgan fingerprint density at radius 3 is 1.88 bits per heavy atom. The highest BCUT2D eigenvalue weighted by atomic mass is 35.5. The summed E-state index contributed by atoms with van der Waals surface area (Å²) in [6.45, 7) is 9.54. The van der Waals surface area contributed by atoms with Crippen molar-refractivity contribution in [2.45, 2.75) is 84.4 Å². The predicted molar refractivity (Wildman–Crippen MR) is 115 cm³/mol. The summed E-state index contributed by atoms with van der Waals surface area (Å²) < 4.78 is 0. The average Bonchev–Trinajstić information content (AvgIpc) is 2.56. The number of rotatable bonds is 12. The van der Waals surface area contributed by atoms with E-state index < -0.39 is 8.07 Å². The zero-order chi connectivity index (χ0) is 17.8. The minimum Gasteiger partial charge on any atom is -0.122 e. The Morgan fingerprint density at radius 1 is 0.833 bits per heavy atom. The quantitative estimate of drug-likeness (QED) is 0.199. The lowest BCUT2D eigenvalue weighted by atomic mass is 9.98. The minimum atomic E-state index is -1.38. The molecule has 0 radical (unpaired) electrons. The molecular weight excluding hydrogens is 328 g/mol. The molecule has 2 heteroatoms. The first-order valence-electron chi connectivity index (χ1n) is 9.84. The van der Waals surface area contributed by atoms with Crippen LogP contribution in [0.25, 0.3) is 5.57 Å². The van der Waals surface area contributed by atoms with E-state index in [-0.39, 0.29) is 0 Å². The summed E-state index contributed by atoms with van der Waals surface area (Å²) in [6, 6.07) is 10.9. The van der Waals surface area contributed by atoms with E-state index in [4.69, 9.17) is 11.6 Å². The Balaban J connectivity index is 2.63. The molecule has 0 spiro atoms. The maximum Gasteiger partial charge on any atom is 0.0743 e. The van der Waals surface area contributed by atoms with E-state index in [0.29, 0.717) is 5.88 Å². The highest BCUT2D eigenvalue weighted by Crippen LogP contribution is 2.31. The molecule has 0 aromatic heterocycles. The van der Waals surface area contributed by atoms with E-state index in [0.717, 1.165) is 0 Å². The second kappa shape index (κ2) is 11.9. The van der Waals surface area contributed by atoms with Crippen LogP contribution in [0.15, 0.2) is 35.5 Å². The molecule has 0 aliphatic carbocycles. The van der Waals surface area contributed by atoms with E-state index in [9.17, 15) is 0 Å². The first kappa shape index (κ1) is 21.5. The zero-order valence-corrected chi connectivity index (χ0v) is 18.1. The van der Waals surface area contributed by atoms with Crippen LogP contribution in [0, 0.1) is 0 Å². The van der Waals surface area contributed by atoms with Crippen molar-refractivity contribution >= 4 is 25.2 Å². The number of halogens is 1. The Bertz CT molecular complexity index is 470. The third kappa shape index (κ3) is 8.03. The van der Waals surface area contributed by atoms with Gasteiger partial charge in [-0.25, -0.2) is 0 Å². The number of unbranched alkanes of at least 4 members (excludes halogenated alkanes) is 7. The molecule has 0 unspecified atom stereocenters. The summed E-state index contributed by atoms with van der Waals surface area (Å²) in [5, 5.41) is 1.54. The monoisotopic (exact) mass is 364 g/mol. The van der Waals surface area contributed by atoms with Crippen molar-refractivity contribution in [2.24, 2.45) is 0 Å². The van der Waals surface area contributed by atoms with Gasteiger partial charge in [-0.1, -0.05) is 107 Å². The topological polar surface area (TPSA) is 0 Å². The standard InChI is InChI=1S/C22H37ClSi/c1-5-6-7-8-9-10-11-15-18-21(20-16-13-12-14-17-20)22(19-23)24(2,3)4/h12-14,16-17H,5-11,15,18-19H2,1-4H3/b22-21-. The maximum absolute atomic E-state index is 6.38. The summed E-state index contributed by atoms with van der Waals surface area (Å²) in [4.78, 5) is 0. The van der Waals surface area contributed by atoms with Gasteiger partial charge in [0.05, 0.1) is 8.07 Å². The maximum atomic E-state index is 6.38. The largest absolute Gasteiger partial charge is 0.122 e. The predicted octanol–water partition coefficient (Wildman–Crippen LogP) is 8.09. The number of hydrogen-bond acceptors (Lipinski definition) is 0. The van der Waals surface area contributed by atoms with Crippen molar-refractivity contribution in [2.75, 3.05) is 5.88 Å². The van der Waals surface area contributed by atoms with Crippen LogP contribution < -0.4 is 0 Å². The average molecular weight is 365 g/mol. The van der Waals surface area contributed by atoms with E-state index >= 15 is 0 Å². The van der Waals surface area contributed by atoms with Crippen LogP contribution >= 0.6 is 11.6 Å². The van der Waals surface area contributed by atoms with Gasteiger partial charge in [-0.2, -0.15) is 0 Å². The van der Waals surface area contributed by atoms with Crippen LogP contribution in [0.4, 0.5) is 0 Å². The zero-order valence-electron chi connectivity index (χ0n) is 16.3. The van der Waals surface area contributed by atoms with E-state index in [1.165, 1.54) is 68.9 Å². The molecule has 0 aliphatic heterocycles. The summed E-state index contributed by atoms with van der Waals surface area (Å²) in [5.74, 6) is 0.691. The molecule has 1 rings (SSSR count). The van der Waals surface area contributed by atoms with Gasteiger partial charge >= 0.3 is 0 Å². The minimum absolute atomic E-state index is 0.691. The summed E-state index contributed by atoms with van der Waals surface area (Å²) in [7, 11) is -1.38. The molecule has 136 valence electrons. The molecule has 0 saturated heterocycles. The van der Waals surface area contributed by atoms with Gasteiger partial charge in [0.15, 0.2) is 0 Å². The van der Waals surface area contributed by atoms with Gasteiger partial charge < -0.3 is 0 Å². The highest BCUT2D eigenvalue weighted by Gasteiger charge is 2.23. The van der Waals surface area contributed by atoms with Gasteiger partial charge in [0, 0.05) is 5.88 Å². The van der Waals surface area contributed by atoms with Crippen molar-refractivity contribution in [3.05, 3.63) is 41.1 Å². The van der Waals surface area contributed by atoms with Crippen LogP contribution in [-0.4, -0.2) is 14.0 Å². The van der Waals surface area contributed by atoms with Gasteiger partial charge in [-0.05, 0) is 24.0 Å². The van der Waals surface area contributed by atoms with Gasteiger partial charge in [-0.15, -0.1) is 11.6 Å². The molecule has 0 N–H and O–H groups in total. The van der Waals surface area contributed by atoms with E-state index in [2.05, 4.69) is 56.9 Å². The Morgan fingerprint density at radius 2 is 1.38 bits per heavy atom. The molecule has 0 atom stereocenters. The fraction of sp³-hybridized carbons (Fsp3) is 0.636. The normalized spacial score (nSPS) is 13.0. The summed E-state index contributed by atoms with van der Waals surface area (Å²) in [6.07, 6.45) is 12.2. The molecule has 0 amide bonds. The fourth-order valence-electron chi connectivity index (χ4n) is 3.28. The van der Waals surface area contributed by atoms with Crippen molar-refractivity contribution < 1.29 is 0 Å². The molecule has 0 nitrogen and oxygen atoms in total. The second-order valence-corrected chi connectivity index (χ2v) is 13.3. The van der Waals surface area contributed by atoms with Crippen LogP contribution in [0.5, 0.6) is 0 Å². The third-order valence-electron chi connectivity index (χ3n) is 4.81. The second-order valence-electron chi connectivity index (χ2n) is 7.93. The Kier molecular flexibility index (Phi) is 10.7. The van der Waals surface area contributed by atoms with Gasteiger partial charge in [-0.3, -0.25) is 0 Å². The molecule has 0 aliphatic rings. The molecule has 24 heavy (non-hydrogen) atoms. The van der Waals surface area contributed by atoms with Crippen molar-refractivity contribution in [1.82, 2.24) is 0 Å². The first-order chi connectivity index (χ1) is 11.5. The van der Waals surface area contributed by atoms with Crippen molar-refractivity contribution in [1.29, 1.82) is 0 Å². The lowest BCUT2D eigenvalue weighted by molar-refractivity contribution is 0.579. The molecular formula is C22H37ClSi. The first-order valence-corrected chi connectivity index (χ1v) is 13.9. The summed E-state index contributed by atoms with van der Waals surface area (Å²) >= 11 is 6.38. The summed E-state index contributed by atoms with van der Waals surface area (Å²) in [5.41, 5.74) is 2.93. The van der Waals surface area contributed by atoms with Crippen molar-refractivity contribution in [3.63, 3.8) is 0 Å². The van der Waals surface area contributed by atoms with Gasteiger partial charge in [0.25, 0.3) is 0 Å². The molecule has 1 aromatic carbocycles. The number of allylic oxidation sites excluding steroid dienone is 2. The molecule has 0 bridgehead atoms. The fourth-order valence-corrected chi connectivity index (χ4v) is 6.22. The van der Waals surface area contributed by atoms with Crippen LogP contribution in [0.3, 0.4) is 0 Å². The van der Waals surface area contributed by atoms with E-state index in [1.54, 1.807) is 5.20 Å². The molecule has 0 heterocycles. The number of hydrogen-bond donors (Lipinski definition) is 0. The van der Waals surface area contributed by atoms with Crippen LogP contribution in [-0.2, 0) is 0 Å². The number of benzene rings is 1. The number of alkyl halides is 1. The van der Waals surface area contributed by atoms with Crippen LogP contribution in [0.2, 0.25) is 19.6 Å². The molecule has 0 fully saturated rings. The lowest BCUT2D eigenvalue weighted by Gasteiger charge is -2.24. The smallest absolute Gasteiger partial charge is 0.0743 e. The Labute approximate surface area is 156 Å². The third-order valence-corrected chi connectivity index (χ3v) is 7.59. The van der Waals surface area contributed by atoms with Crippen molar-refractivity contribution in [3.8, 4) is 0 Å². The lowest BCUT2D eigenvalue weighted by Crippen LogP contribution is -2.26. The molecule has 1 aromatic rings. The van der Waals surface area contributed by atoms with Gasteiger partial charge in [0.1, 0.15) is 0 Å². The molecule has 0 saturated carbocycles. The SMILES string of the molecule is CCCCCCCCCC/C(=C(\CCl)[Si](C)(C)C)c1ccccc1. The van der Waals surface area contributed by atoms with E-state index in [1.807, 2.05) is 0 Å².